The summed E-state index contributed by atoms with van der Waals surface area (Å²) < 4.78 is 12.8. The lowest BCUT2D eigenvalue weighted by Crippen LogP contribution is -2.35. The molecule has 1 amide bonds. The van der Waals surface area contributed by atoms with E-state index in [1.54, 1.807) is 23.9 Å². The molecule has 7 heteroatoms. The number of aromatic nitrogens is 1. The zero-order valence-corrected chi connectivity index (χ0v) is 16.2. The lowest BCUT2D eigenvalue weighted by Gasteiger charge is -2.26. The first-order chi connectivity index (χ1) is 14.2. The number of rotatable bonds is 5. The van der Waals surface area contributed by atoms with Crippen molar-refractivity contribution < 1.29 is 13.9 Å². The molecule has 0 radical (unpaired) electrons. The fraction of sp³-hybridized carbons (Fsp3) is 0.273. The number of hydrogen-bond acceptors (Lipinski definition) is 5. The van der Waals surface area contributed by atoms with Gasteiger partial charge in [0.2, 0.25) is 5.88 Å². The van der Waals surface area contributed by atoms with Gasteiger partial charge in [-0.3, -0.25) is 14.3 Å². The maximum atomic E-state index is 12.9. The maximum absolute atomic E-state index is 12.9. The molecular formula is C22H22N4O3. The normalized spacial score (nSPS) is 14.5. The van der Waals surface area contributed by atoms with E-state index in [9.17, 15) is 10.1 Å². The number of hydrogen-bond donors (Lipinski definition) is 1. The van der Waals surface area contributed by atoms with Crippen LogP contribution in [0.25, 0.3) is 5.88 Å². The van der Waals surface area contributed by atoms with Gasteiger partial charge >= 0.3 is 0 Å². The van der Waals surface area contributed by atoms with Crippen LogP contribution >= 0.6 is 0 Å². The lowest BCUT2D eigenvalue weighted by molar-refractivity contribution is 0.0342. The van der Waals surface area contributed by atoms with Crippen LogP contribution in [0.4, 0.5) is 5.69 Å². The Morgan fingerprint density at radius 1 is 1.21 bits per heavy atom. The number of furan rings is 1. The van der Waals surface area contributed by atoms with Gasteiger partial charge < -0.3 is 14.5 Å². The Bertz CT molecular complexity index is 1040. The molecule has 2 aromatic heterocycles. The SMILES string of the molecule is Cc1oc(-n2cccc2)c(C#N)c1C(=O)Nc1cccc(CN2CCOCC2)c1. The number of anilines is 1. The number of nitriles is 1. The minimum Gasteiger partial charge on any atom is -0.443 e. The summed E-state index contributed by atoms with van der Waals surface area (Å²) in [6.45, 7) is 5.79. The molecule has 0 saturated carbocycles. The standard InChI is InChI=1S/C22H22N4O3/c1-16-20(19(14-23)22(29-16)26-7-2-3-8-26)21(27)24-18-6-4-5-17(13-18)15-25-9-11-28-12-10-25/h2-8,13H,9-12,15H2,1H3,(H,24,27). The van der Waals surface area contributed by atoms with Crippen molar-refractivity contribution in [3.8, 4) is 12.0 Å². The van der Waals surface area contributed by atoms with Crippen LogP contribution in [0.1, 0.15) is 27.2 Å². The van der Waals surface area contributed by atoms with E-state index < -0.39 is 0 Å². The number of amides is 1. The van der Waals surface area contributed by atoms with Gasteiger partial charge in [0.25, 0.3) is 5.91 Å². The molecule has 1 N–H and O–H groups in total. The lowest BCUT2D eigenvalue weighted by atomic mass is 10.1. The highest BCUT2D eigenvalue weighted by molar-refractivity contribution is 6.07. The second-order valence-electron chi connectivity index (χ2n) is 6.96. The molecule has 0 unspecified atom stereocenters. The van der Waals surface area contributed by atoms with Crippen molar-refractivity contribution in [2.75, 3.05) is 31.6 Å². The van der Waals surface area contributed by atoms with Crippen molar-refractivity contribution in [1.29, 1.82) is 5.26 Å². The summed E-state index contributed by atoms with van der Waals surface area (Å²) in [6.07, 6.45) is 3.55. The summed E-state index contributed by atoms with van der Waals surface area (Å²) in [5.41, 5.74) is 2.28. The molecule has 29 heavy (non-hydrogen) atoms. The summed E-state index contributed by atoms with van der Waals surface area (Å²) >= 11 is 0. The Morgan fingerprint density at radius 3 is 2.69 bits per heavy atom. The third kappa shape index (κ3) is 4.09. The number of ether oxygens (including phenoxy) is 1. The van der Waals surface area contributed by atoms with Crippen molar-refractivity contribution in [3.63, 3.8) is 0 Å². The van der Waals surface area contributed by atoms with Gasteiger partial charge in [0.15, 0.2) is 0 Å². The van der Waals surface area contributed by atoms with Crippen molar-refractivity contribution in [3.05, 3.63) is 71.2 Å². The molecule has 0 atom stereocenters. The van der Waals surface area contributed by atoms with E-state index in [-0.39, 0.29) is 17.0 Å². The highest BCUT2D eigenvalue weighted by Crippen LogP contribution is 2.26. The van der Waals surface area contributed by atoms with E-state index in [4.69, 9.17) is 9.15 Å². The quantitative estimate of drug-likeness (QED) is 0.722. The molecule has 3 heterocycles. The average Bonchev–Trinajstić information content (AvgIpc) is 3.36. The highest BCUT2D eigenvalue weighted by atomic mass is 16.5. The third-order valence-electron chi connectivity index (χ3n) is 4.94. The minimum atomic E-state index is -0.357. The predicted octanol–water partition coefficient (Wildman–Crippen LogP) is 3.33. The maximum Gasteiger partial charge on any atom is 0.260 e. The molecular weight excluding hydrogens is 368 g/mol. The van der Waals surface area contributed by atoms with Gasteiger partial charge in [0.1, 0.15) is 23.0 Å². The first kappa shape index (κ1) is 19.0. The van der Waals surface area contributed by atoms with E-state index in [2.05, 4.69) is 16.3 Å². The highest BCUT2D eigenvalue weighted by Gasteiger charge is 2.24. The van der Waals surface area contributed by atoms with Crippen molar-refractivity contribution >= 4 is 11.6 Å². The first-order valence-corrected chi connectivity index (χ1v) is 9.53. The molecule has 1 aliphatic rings. The van der Waals surface area contributed by atoms with Crippen LogP contribution < -0.4 is 5.32 Å². The Balaban J connectivity index is 1.54. The van der Waals surface area contributed by atoms with Gasteiger partial charge in [-0.25, -0.2) is 0 Å². The van der Waals surface area contributed by atoms with Crippen LogP contribution in [0.5, 0.6) is 0 Å². The topological polar surface area (TPSA) is 83.4 Å². The van der Waals surface area contributed by atoms with Gasteiger partial charge in [-0.1, -0.05) is 12.1 Å². The fourth-order valence-electron chi connectivity index (χ4n) is 3.52. The molecule has 3 aromatic rings. The molecule has 0 aliphatic carbocycles. The Labute approximate surface area is 169 Å². The van der Waals surface area contributed by atoms with Crippen LogP contribution in [-0.2, 0) is 11.3 Å². The fourth-order valence-corrected chi connectivity index (χ4v) is 3.52. The number of aryl methyl sites for hydroxylation is 1. The van der Waals surface area contributed by atoms with Crippen LogP contribution in [0.15, 0.2) is 53.2 Å². The number of morpholine rings is 1. The molecule has 148 valence electrons. The van der Waals surface area contributed by atoms with E-state index in [1.165, 1.54) is 0 Å². The average molecular weight is 390 g/mol. The summed E-state index contributed by atoms with van der Waals surface area (Å²) in [5, 5.41) is 12.5. The first-order valence-electron chi connectivity index (χ1n) is 9.53. The molecule has 1 aliphatic heterocycles. The van der Waals surface area contributed by atoms with E-state index in [0.717, 1.165) is 38.4 Å². The van der Waals surface area contributed by atoms with Crippen molar-refractivity contribution in [2.45, 2.75) is 13.5 Å². The number of carbonyl (C=O) groups excluding carboxylic acids is 1. The van der Waals surface area contributed by atoms with Crippen LogP contribution in [0.2, 0.25) is 0 Å². The van der Waals surface area contributed by atoms with Crippen LogP contribution in [0.3, 0.4) is 0 Å². The predicted molar refractivity (Wildman–Crippen MR) is 108 cm³/mol. The zero-order valence-electron chi connectivity index (χ0n) is 16.2. The summed E-state index contributed by atoms with van der Waals surface area (Å²) in [7, 11) is 0. The molecule has 0 spiro atoms. The monoisotopic (exact) mass is 390 g/mol. The Hall–Kier alpha value is -3.34. The Kier molecular flexibility index (Phi) is 5.47. The number of carbonyl (C=O) groups is 1. The van der Waals surface area contributed by atoms with E-state index in [0.29, 0.717) is 17.3 Å². The van der Waals surface area contributed by atoms with Crippen molar-refractivity contribution in [1.82, 2.24) is 9.47 Å². The van der Waals surface area contributed by atoms with Gasteiger partial charge in [-0.2, -0.15) is 5.26 Å². The van der Waals surface area contributed by atoms with Gasteiger partial charge in [-0.05, 0) is 36.8 Å². The second-order valence-corrected chi connectivity index (χ2v) is 6.96. The number of nitrogens with one attached hydrogen (secondary N) is 1. The molecule has 4 rings (SSSR count). The van der Waals surface area contributed by atoms with Crippen molar-refractivity contribution in [2.24, 2.45) is 0 Å². The number of benzene rings is 1. The number of nitrogens with zero attached hydrogens (tertiary/aromatic N) is 3. The Morgan fingerprint density at radius 2 is 1.97 bits per heavy atom. The summed E-state index contributed by atoms with van der Waals surface area (Å²) in [4.78, 5) is 15.3. The second kappa shape index (κ2) is 8.35. The van der Waals surface area contributed by atoms with Crippen LogP contribution in [0, 0.1) is 18.3 Å². The summed E-state index contributed by atoms with van der Waals surface area (Å²) in [6, 6.07) is 13.5. The third-order valence-corrected chi connectivity index (χ3v) is 4.94. The van der Waals surface area contributed by atoms with Gasteiger partial charge in [-0.15, -0.1) is 0 Å². The molecule has 1 aromatic carbocycles. The zero-order chi connectivity index (χ0) is 20.2. The minimum absolute atomic E-state index is 0.223. The largest absolute Gasteiger partial charge is 0.443 e. The smallest absolute Gasteiger partial charge is 0.260 e. The molecule has 1 saturated heterocycles. The molecule has 7 nitrogen and oxygen atoms in total. The van der Waals surface area contributed by atoms with E-state index >= 15 is 0 Å². The molecule has 0 bridgehead atoms. The molecule has 1 fully saturated rings. The summed E-state index contributed by atoms with van der Waals surface area (Å²) in [5.74, 6) is 0.401. The van der Waals surface area contributed by atoms with Gasteiger partial charge in [0.05, 0.1) is 13.2 Å². The van der Waals surface area contributed by atoms with Gasteiger partial charge in [0, 0.05) is 37.7 Å². The van der Waals surface area contributed by atoms with Crippen LogP contribution in [-0.4, -0.2) is 41.7 Å². The van der Waals surface area contributed by atoms with E-state index in [1.807, 2.05) is 36.4 Å².